The second kappa shape index (κ2) is 8.64. The molecule has 110 valence electrons. The van der Waals surface area contributed by atoms with Crippen molar-refractivity contribution in [3.05, 3.63) is 29.8 Å². The van der Waals surface area contributed by atoms with Gasteiger partial charge in [-0.3, -0.25) is 9.59 Å². The number of rotatable bonds is 8. The number of carboxylic acids is 1. The zero-order valence-corrected chi connectivity index (χ0v) is 12.7. The number of thioether (sulfide) groups is 1. The van der Waals surface area contributed by atoms with Crippen LogP contribution in [0.2, 0.25) is 0 Å². The van der Waals surface area contributed by atoms with Crippen molar-refractivity contribution in [2.24, 2.45) is 5.92 Å². The van der Waals surface area contributed by atoms with Gasteiger partial charge < -0.3 is 10.4 Å². The molecule has 1 aromatic rings. The van der Waals surface area contributed by atoms with Gasteiger partial charge in [-0.25, -0.2) is 0 Å². The largest absolute Gasteiger partial charge is 0.481 e. The van der Waals surface area contributed by atoms with Crippen LogP contribution in [0.3, 0.4) is 0 Å². The van der Waals surface area contributed by atoms with Crippen LogP contribution in [0.1, 0.15) is 32.3 Å². The molecular weight excluding hydrogens is 274 g/mol. The summed E-state index contributed by atoms with van der Waals surface area (Å²) in [5.74, 6) is 0.938. The SMILES string of the molecule is CC(C)CC(=O)Nc1cccc(CSCCC(=O)O)c1. The van der Waals surface area contributed by atoms with E-state index in [4.69, 9.17) is 5.11 Å². The lowest BCUT2D eigenvalue weighted by Crippen LogP contribution is -2.13. The highest BCUT2D eigenvalue weighted by Crippen LogP contribution is 2.17. The van der Waals surface area contributed by atoms with E-state index in [2.05, 4.69) is 5.32 Å². The quantitative estimate of drug-likeness (QED) is 0.722. The Morgan fingerprint density at radius 1 is 1.35 bits per heavy atom. The lowest BCUT2D eigenvalue weighted by atomic mass is 10.1. The molecule has 1 rings (SSSR count). The van der Waals surface area contributed by atoms with E-state index >= 15 is 0 Å². The third kappa shape index (κ3) is 7.19. The van der Waals surface area contributed by atoms with E-state index in [0.717, 1.165) is 17.0 Å². The van der Waals surface area contributed by atoms with Gasteiger partial charge in [-0.2, -0.15) is 11.8 Å². The van der Waals surface area contributed by atoms with Gasteiger partial charge in [-0.05, 0) is 23.6 Å². The Kier molecular flexibility index (Phi) is 7.15. The van der Waals surface area contributed by atoms with Gasteiger partial charge in [0.25, 0.3) is 0 Å². The van der Waals surface area contributed by atoms with Crippen LogP contribution in [0.15, 0.2) is 24.3 Å². The van der Waals surface area contributed by atoms with Crippen LogP contribution in [0.5, 0.6) is 0 Å². The van der Waals surface area contributed by atoms with Crippen molar-refractivity contribution in [3.8, 4) is 0 Å². The summed E-state index contributed by atoms with van der Waals surface area (Å²) < 4.78 is 0. The van der Waals surface area contributed by atoms with Crippen LogP contribution in [-0.4, -0.2) is 22.7 Å². The summed E-state index contributed by atoms with van der Waals surface area (Å²) in [6, 6.07) is 7.68. The van der Waals surface area contributed by atoms with Gasteiger partial charge in [0.05, 0.1) is 6.42 Å². The third-order valence-corrected chi connectivity index (χ3v) is 3.56. The van der Waals surface area contributed by atoms with Gasteiger partial charge in [0.1, 0.15) is 0 Å². The second-order valence-electron chi connectivity index (χ2n) is 5.04. The molecule has 5 heteroatoms. The summed E-state index contributed by atoms with van der Waals surface area (Å²) in [5, 5.41) is 11.4. The lowest BCUT2D eigenvalue weighted by Gasteiger charge is -2.08. The Balaban J connectivity index is 2.44. The maximum atomic E-state index is 11.7. The summed E-state index contributed by atoms with van der Waals surface area (Å²) in [7, 11) is 0. The van der Waals surface area contributed by atoms with Gasteiger partial charge in [-0.15, -0.1) is 0 Å². The van der Waals surface area contributed by atoms with Gasteiger partial charge in [0, 0.05) is 23.6 Å². The van der Waals surface area contributed by atoms with E-state index in [1.807, 2.05) is 38.1 Å². The molecule has 20 heavy (non-hydrogen) atoms. The molecule has 0 aliphatic carbocycles. The first-order valence-corrected chi connectivity index (χ1v) is 7.81. The number of anilines is 1. The summed E-state index contributed by atoms with van der Waals surface area (Å²) in [5.41, 5.74) is 1.88. The highest BCUT2D eigenvalue weighted by atomic mass is 32.2. The summed E-state index contributed by atoms with van der Waals surface area (Å²) in [6.07, 6.45) is 0.688. The van der Waals surface area contributed by atoms with Crippen molar-refractivity contribution < 1.29 is 14.7 Å². The predicted octanol–water partition coefficient (Wildman–Crippen LogP) is 3.38. The smallest absolute Gasteiger partial charge is 0.304 e. The zero-order valence-electron chi connectivity index (χ0n) is 11.9. The Morgan fingerprint density at radius 2 is 2.10 bits per heavy atom. The average Bonchev–Trinajstić information content (AvgIpc) is 2.33. The molecule has 1 amide bonds. The highest BCUT2D eigenvalue weighted by Gasteiger charge is 2.05. The number of nitrogens with one attached hydrogen (secondary N) is 1. The van der Waals surface area contributed by atoms with Crippen LogP contribution >= 0.6 is 11.8 Å². The summed E-state index contributed by atoms with van der Waals surface area (Å²) in [6.45, 7) is 4.02. The molecule has 0 atom stereocenters. The topological polar surface area (TPSA) is 66.4 Å². The summed E-state index contributed by atoms with van der Waals surface area (Å²) >= 11 is 1.58. The van der Waals surface area contributed by atoms with Crippen LogP contribution in [0.4, 0.5) is 5.69 Å². The number of hydrogen-bond donors (Lipinski definition) is 2. The van der Waals surface area contributed by atoms with E-state index in [0.29, 0.717) is 18.1 Å². The molecule has 0 bridgehead atoms. The minimum absolute atomic E-state index is 0.0238. The Hall–Kier alpha value is -1.49. The van der Waals surface area contributed by atoms with E-state index < -0.39 is 5.97 Å². The van der Waals surface area contributed by atoms with E-state index in [-0.39, 0.29) is 12.3 Å². The number of carbonyl (C=O) groups excluding carboxylic acids is 1. The van der Waals surface area contributed by atoms with E-state index in [1.165, 1.54) is 0 Å². The predicted molar refractivity (Wildman–Crippen MR) is 82.9 cm³/mol. The monoisotopic (exact) mass is 295 g/mol. The summed E-state index contributed by atoms with van der Waals surface area (Å²) in [4.78, 5) is 22.1. The van der Waals surface area contributed by atoms with Crippen molar-refractivity contribution >= 4 is 29.3 Å². The maximum Gasteiger partial charge on any atom is 0.304 e. The van der Waals surface area contributed by atoms with Crippen molar-refractivity contribution in [2.45, 2.75) is 32.4 Å². The Morgan fingerprint density at radius 3 is 2.75 bits per heavy atom. The first-order valence-electron chi connectivity index (χ1n) is 6.65. The zero-order chi connectivity index (χ0) is 15.0. The number of carboxylic acid groups (broad SMARTS) is 1. The molecule has 0 saturated carbocycles. The van der Waals surface area contributed by atoms with E-state index in [1.54, 1.807) is 11.8 Å². The number of carbonyl (C=O) groups is 2. The molecule has 0 fully saturated rings. The van der Waals surface area contributed by atoms with E-state index in [9.17, 15) is 9.59 Å². The Labute approximate surface area is 124 Å². The standard InChI is InChI=1S/C15H21NO3S/c1-11(2)8-14(17)16-13-5-3-4-12(9-13)10-20-7-6-15(18)19/h3-5,9,11H,6-8,10H2,1-2H3,(H,16,17)(H,18,19). The molecule has 4 nitrogen and oxygen atoms in total. The van der Waals surface area contributed by atoms with Crippen LogP contribution in [0, 0.1) is 5.92 Å². The number of amides is 1. The molecule has 0 saturated heterocycles. The average molecular weight is 295 g/mol. The number of aliphatic carboxylic acids is 1. The molecule has 2 N–H and O–H groups in total. The minimum Gasteiger partial charge on any atom is -0.481 e. The van der Waals surface area contributed by atoms with Crippen LogP contribution in [-0.2, 0) is 15.3 Å². The maximum absolute atomic E-state index is 11.7. The molecule has 0 aliphatic rings. The lowest BCUT2D eigenvalue weighted by molar-refractivity contribution is -0.136. The van der Waals surface area contributed by atoms with Crippen molar-refractivity contribution in [1.29, 1.82) is 0 Å². The normalized spacial score (nSPS) is 10.6. The highest BCUT2D eigenvalue weighted by molar-refractivity contribution is 7.98. The van der Waals surface area contributed by atoms with Gasteiger partial charge >= 0.3 is 5.97 Å². The van der Waals surface area contributed by atoms with Gasteiger partial charge in [0.2, 0.25) is 5.91 Å². The molecule has 0 radical (unpaired) electrons. The van der Waals surface area contributed by atoms with Crippen LogP contribution in [0.25, 0.3) is 0 Å². The fourth-order valence-corrected chi connectivity index (χ4v) is 2.55. The molecule has 1 aromatic carbocycles. The van der Waals surface area contributed by atoms with Crippen molar-refractivity contribution in [3.63, 3.8) is 0 Å². The third-order valence-electron chi connectivity index (χ3n) is 2.53. The van der Waals surface area contributed by atoms with Crippen molar-refractivity contribution in [2.75, 3.05) is 11.1 Å². The Bertz CT molecular complexity index is 460. The molecule has 0 aromatic heterocycles. The van der Waals surface area contributed by atoms with Gasteiger partial charge in [-0.1, -0.05) is 26.0 Å². The fraction of sp³-hybridized carbons (Fsp3) is 0.467. The number of benzene rings is 1. The van der Waals surface area contributed by atoms with Crippen LogP contribution < -0.4 is 5.32 Å². The first kappa shape index (κ1) is 16.6. The van der Waals surface area contributed by atoms with Gasteiger partial charge in [0.15, 0.2) is 0 Å². The fourth-order valence-electron chi connectivity index (χ4n) is 1.67. The molecule has 0 heterocycles. The first-order chi connectivity index (χ1) is 9.47. The van der Waals surface area contributed by atoms with Crippen molar-refractivity contribution in [1.82, 2.24) is 0 Å². The number of hydrogen-bond acceptors (Lipinski definition) is 3. The molecule has 0 aliphatic heterocycles. The molecule has 0 spiro atoms. The molecule has 0 unspecified atom stereocenters. The minimum atomic E-state index is -0.771. The molecular formula is C15H21NO3S. The second-order valence-corrected chi connectivity index (χ2v) is 6.15.